The summed E-state index contributed by atoms with van der Waals surface area (Å²) >= 11 is 0. The lowest BCUT2D eigenvalue weighted by molar-refractivity contribution is -0.166. The molecule has 9 N–H and O–H groups in total. The average molecular weight is 1530 g/mol. The molecule has 7 rings (SSSR count). The lowest BCUT2D eigenvalue weighted by Gasteiger charge is -2.28. The van der Waals surface area contributed by atoms with E-state index >= 15 is 0 Å². The van der Waals surface area contributed by atoms with Crippen LogP contribution >= 0.6 is 14.5 Å². The van der Waals surface area contributed by atoms with Crippen LogP contribution in [0.25, 0.3) is 0 Å². The normalized spacial score (nSPS) is 11.7. The van der Waals surface area contributed by atoms with Gasteiger partial charge in [-0.05, 0) is 169 Å². The minimum absolute atomic E-state index is 0.0627. The number of rotatable bonds is 57. The van der Waals surface area contributed by atoms with Crippen molar-refractivity contribution in [1.29, 1.82) is 0 Å². The van der Waals surface area contributed by atoms with E-state index in [4.69, 9.17) is 11.6 Å². The van der Waals surface area contributed by atoms with Gasteiger partial charge < -0.3 is 21.4 Å². The number of amides is 5. The zero-order valence-corrected chi connectivity index (χ0v) is 66.8. The highest BCUT2D eigenvalue weighted by atomic mass is 31.2. The maximum absolute atomic E-state index is 13.0. The Bertz CT molecular complexity index is 3490. The van der Waals surface area contributed by atoms with Gasteiger partial charge in [0.05, 0.1) is 29.9 Å². The second-order valence-electron chi connectivity index (χ2n) is 28.8. The number of hydroxylamine groups is 6. The molecule has 6 aromatic carbocycles. The highest BCUT2D eigenvalue weighted by Crippen LogP contribution is 2.57. The molecule has 0 bridgehead atoms. The molecular formula is C87H126N12O8P2+2. The molecular weight excluding hydrogens is 1400 g/mol. The van der Waals surface area contributed by atoms with Crippen LogP contribution in [0.15, 0.2) is 200 Å². The standard InChI is InChI=1S/C87H124N12O8P2/c1-75(100)97(105)66-40-20-35-61-90-84(101)57-59-86(103)98(106)67-41-21-36-62-91-85(102)58-60-87(104)99(107)68-42-22-37-63-94(73-76(71-88)95(89)64-38-10-6-2-4-8-12-43-69-108(78-45-23-14-24-46-78,79-47-25-15-26-48-79)80-49-27-16-28-50-80)74-77-72-92-93-96(77)65-39-11-7-3-5-9-13-44-70-109(81-51-29-17-30-52-81,82-53-31-18-32-54-82)83-55-33-19-34-56-83/h14-19,23-34,45-56,71-72,105-107H,2-13,20-22,35-44,57-70,73-74,88-89H2,1H3/p+2/b76-71-. The van der Waals surface area contributed by atoms with Crippen LogP contribution in [0.1, 0.15) is 199 Å². The van der Waals surface area contributed by atoms with Gasteiger partial charge in [-0.15, -0.1) is 5.10 Å². The fourth-order valence-electron chi connectivity index (χ4n) is 14.4. The van der Waals surface area contributed by atoms with E-state index < -0.39 is 32.2 Å². The third kappa shape index (κ3) is 30.9. The topological polar surface area (TPSA) is 269 Å². The first-order valence-electron chi connectivity index (χ1n) is 40.4. The molecule has 0 saturated carbocycles. The largest absolute Gasteiger partial charge is 0.403 e. The van der Waals surface area contributed by atoms with Gasteiger partial charge in [-0.2, -0.15) is 0 Å². The second kappa shape index (κ2) is 51.3. The molecule has 1 aromatic heterocycles. The van der Waals surface area contributed by atoms with Crippen molar-refractivity contribution in [1.82, 2.24) is 50.7 Å². The van der Waals surface area contributed by atoms with Crippen molar-refractivity contribution >= 4 is 75.9 Å². The Balaban J connectivity index is 0.810. The Kier molecular flexibility index (Phi) is 41.4. The Labute approximate surface area is 651 Å². The van der Waals surface area contributed by atoms with Crippen molar-refractivity contribution in [2.24, 2.45) is 11.6 Å². The number of benzene rings is 6. The summed E-state index contributed by atoms with van der Waals surface area (Å²) in [6.07, 6.45) is 29.7. The molecule has 0 radical (unpaired) electrons. The Morgan fingerprint density at radius 1 is 0.413 bits per heavy atom. The van der Waals surface area contributed by atoms with Gasteiger partial charge >= 0.3 is 0 Å². The Hall–Kier alpha value is -8.19. The number of aromatic nitrogens is 3. The number of hydrogen-bond donors (Lipinski definition) is 7. The summed E-state index contributed by atoms with van der Waals surface area (Å²) in [7, 11) is -3.64. The summed E-state index contributed by atoms with van der Waals surface area (Å²) in [5.74, 6) is 4.72. The minimum atomic E-state index is -1.82. The van der Waals surface area contributed by atoms with E-state index in [9.17, 15) is 39.6 Å². The number of nitrogens with zero attached hydrogens (tertiary/aromatic N) is 8. The van der Waals surface area contributed by atoms with Gasteiger partial charge in [0.15, 0.2) is 0 Å². The molecule has 0 unspecified atom stereocenters. The Morgan fingerprint density at radius 2 is 0.734 bits per heavy atom. The summed E-state index contributed by atoms with van der Waals surface area (Å²) in [4.78, 5) is 63.6. The molecule has 0 aliphatic carbocycles. The summed E-state index contributed by atoms with van der Waals surface area (Å²) < 4.78 is 2.04. The van der Waals surface area contributed by atoms with Crippen molar-refractivity contribution in [2.75, 3.05) is 64.7 Å². The van der Waals surface area contributed by atoms with E-state index in [1.54, 1.807) is 11.2 Å². The van der Waals surface area contributed by atoms with E-state index in [0.717, 1.165) is 75.2 Å². The first kappa shape index (κ1) is 88.0. The molecule has 7 aromatic rings. The molecule has 0 aliphatic heterocycles. The molecule has 5 amide bonds. The van der Waals surface area contributed by atoms with Crippen LogP contribution in [0, 0.1) is 0 Å². The summed E-state index contributed by atoms with van der Waals surface area (Å²) in [6.45, 7) is 5.75. The SMILES string of the molecule is CC(=O)N(O)CCCCCNC(=O)CCC(=O)N(O)CCCCCNC(=O)CCC(=O)N(O)CCCCCN(C/C(=C/N)N(N)CCCCCCCCCC[P+](c1ccccc1)(c1ccccc1)c1ccccc1)Cc1cnnn1CCCCCCCCCC[P+](c1ccccc1)(c1ccccc1)c1ccccc1. The number of carbonyl (C=O) groups is 5. The van der Waals surface area contributed by atoms with Crippen LogP contribution in [-0.4, -0.2) is 150 Å². The van der Waals surface area contributed by atoms with E-state index in [-0.39, 0.29) is 57.1 Å². The molecule has 0 atom stereocenters. The van der Waals surface area contributed by atoms with Gasteiger partial charge in [0.2, 0.25) is 29.5 Å². The van der Waals surface area contributed by atoms with Gasteiger partial charge in [-0.1, -0.05) is 185 Å². The lowest BCUT2D eigenvalue weighted by Crippen LogP contribution is -2.39. The van der Waals surface area contributed by atoms with Crippen molar-refractivity contribution in [3.8, 4) is 0 Å². The number of aryl methyl sites for hydroxylation is 1. The third-order valence-electron chi connectivity index (χ3n) is 20.6. The van der Waals surface area contributed by atoms with Crippen molar-refractivity contribution in [3.05, 3.63) is 206 Å². The minimum Gasteiger partial charge on any atom is -0.403 e. The van der Waals surface area contributed by atoms with E-state index in [1.807, 2.05) is 10.9 Å². The first-order valence-corrected chi connectivity index (χ1v) is 44.3. The zero-order valence-electron chi connectivity index (χ0n) is 65.0. The predicted molar refractivity (Wildman–Crippen MR) is 445 cm³/mol. The van der Waals surface area contributed by atoms with Crippen LogP contribution in [0.2, 0.25) is 0 Å². The number of nitrogens with one attached hydrogen (secondary N) is 2. The monoisotopic (exact) mass is 1530 g/mol. The first-order chi connectivity index (χ1) is 53.2. The van der Waals surface area contributed by atoms with Gasteiger partial charge in [0.1, 0.15) is 46.4 Å². The van der Waals surface area contributed by atoms with Crippen molar-refractivity contribution in [3.63, 3.8) is 0 Å². The average Bonchev–Trinajstić information content (AvgIpc) is 1.14. The van der Waals surface area contributed by atoms with Crippen LogP contribution in [0.4, 0.5) is 0 Å². The number of carbonyl (C=O) groups excluding carboxylic acids is 5. The third-order valence-corrected chi connectivity index (χ3v) is 29.7. The molecule has 109 heavy (non-hydrogen) atoms. The molecule has 0 saturated heterocycles. The number of hydrogen-bond acceptors (Lipinski definition) is 14. The maximum Gasteiger partial charge on any atom is 0.246 e. The molecule has 22 heteroatoms. The fraction of sp³-hybridized carbons (Fsp3) is 0.483. The summed E-state index contributed by atoms with van der Waals surface area (Å²) in [6, 6.07) is 67.1. The molecule has 20 nitrogen and oxygen atoms in total. The predicted octanol–water partition coefficient (Wildman–Crippen LogP) is 13.3. The second-order valence-corrected chi connectivity index (χ2v) is 36.0. The Morgan fingerprint density at radius 3 is 1.11 bits per heavy atom. The molecule has 0 spiro atoms. The van der Waals surface area contributed by atoms with Gasteiger partial charge in [0.25, 0.3) is 0 Å². The molecule has 1 heterocycles. The van der Waals surface area contributed by atoms with E-state index in [0.29, 0.717) is 99.4 Å². The molecule has 0 aliphatic rings. The zero-order chi connectivity index (χ0) is 77.4. The highest BCUT2D eigenvalue weighted by Gasteiger charge is 2.46. The highest BCUT2D eigenvalue weighted by molar-refractivity contribution is 7.96. The molecule has 590 valence electrons. The van der Waals surface area contributed by atoms with Gasteiger partial charge in [0, 0.05) is 97.7 Å². The van der Waals surface area contributed by atoms with E-state index in [1.165, 1.54) is 109 Å². The summed E-state index contributed by atoms with van der Waals surface area (Å²) in [5.41, 5.74) is 8.26. The van der Waals surface area contributed by atoms with Crippen LogP contribution < -0.4 is 54.0 Å². The maximum atomic E-state index is 13.0. The van der Waals surface area contributed by atoms with Crippen LogP contribution in [0.3, 0.4) is 0 Å². The van der Waals surface area contributed by atoms with Crippen molar-refractivity contribution < 1.29 is 39.6 Å². The van der Waals surface area contributed by atoms with Crippen molar-refractivity contribution in [2.45, 2.75) is 206 Å². The molecule has 0 fully saturated rings. The van der Waals surface area contributed by atoms with Gasteiger partial charge in [-0.3, -0.25) is 44.5 Å². The fourth-order valence-corrected chi connectivity index (χ4v) is 23.2. The van der Waals surface area contributed by atoms with Crippen LogP contribution in [-0.2, 0) is 37.1 Å². The van der Waals surface area contributed by atoms with Gasteiger partial charge in [-0.25, -0.2) is 25.7 Å². The summed E-state index contributed by atoms with van der Waals surface area (Å²) in [5, 5.41) is 57.3. The number of hydrazine groups is 1. The van der Waals surface area contributed by atoms with E-state index in [2.05, 4.69) is 208 Å². The number of nitrogens with two attached hydrogens (primary N) is 2. The lowest BCUT2D eigenvalue weighted by atomic mass is 10.1. The quantitative estimate of drug-likeness (QED) is 0.00615. The van der Waals surface area contributed by atoms with Crippen LogP contribution in [0.5, 0.6) is 0 Å². The smallest absolute Gasteiger partial charge is 0.246 e. The number of unbranched alkanes of at least 4 members (excludes halogenated alkanes) is 20.